The summed E-state index contributed by atoms with van der Waals surface area (Å²) in [7, 11) is 0. The van der Waals surface area contributed by atoms with Crippen LogP contribution in [0.15, 0.2) is 125 Å². The van der Waals surface area contributed by atoms with Gasteiger partial charge in [-0.1, -0.05) is 97.1 Å². The fraction of sp³-hybridized carbons (Fsp3) is 0.0400. The predicted molar refractivity (Wildman–Crippen MR) is 111 cm³/mol. The molecule has 0 saturated carbocycles. The highest BCUT2D eigenvalue weighted by atomic mass is 15.1. The van der Waals surface area contributed by atoms with Gasteiger partial charge in [0.1, 0.15) is 0 Å². The molecular formula is C25H20N2. The molecule has 0 atom stereocenters. The summed E-state index contributed by atoms with van der Waals surface area (Å²) < 4.78 is 0. The highest BCUT2D eigenvalue weighted by Gasteiger charge is 2.19. The van der Waals surface area contributed by atoms with Gasteiger partial charge >= 0.3 is 0 Å². The van der Waals surface area contributed by atoms with Crippen LogP contribution in [0.1, 0.15) is 22.6 Å². The highest BCUT2D eigenvalue weighted by Crippen LogP contribution is 2.37. The minimum Gasteiger partial charge on any atom is -0.151 e. The van der Waals surface area contributed by atoms with E-state index < -0.39 is 0 Å². The van der Waals surface area contributed by atoms with E-state index >= 15 is 0 Å². The van der Waals surface area contributed by atoms with Crippen LogP contribution in [0.3, 0.4) is 0 Å². The van der Waals surface area contributed by atoms with Gasteiger partial charge in [0, 0.05) is 5.92 Å². The van der Waals surface area contributed by atoms with Crippen molar-refractivity contribution in [2.75, 3.05) is 0 Å². The second-order valence-electron chi connectivity index (χ2n) is 6.35. The quantitative estimate of drug-likeness (QED) is 0.267. The number of nitrogens with zero attached hydrogens (tertiary/aromatic N) is 2. The Morgan fingerprint density at radius 2 is 0.926 bits per heavy atom. The average molecular weight is 348 g/mol. The molecule has 2 heteroatoms. The Kier molecular flexibility index (Phi) is 5.16. The van der Waals surface area contributed by atoms with Gasteiger partial charge in [0.25, 0.3) is 0 Å². The maximum Gasteiger partial charge on any atom is 0.0898 e. The molecule has 0 bridgehead atoms. The van der Waals surface area contributed by atoms with Crippen molar-refractivity contribution in [1.29, 1.82) is 0 Å². The van der Waals surface area contributed by atoms with Gasteiger partial charge in [0.2, 0.25) is 0 Å². The number of benzene rings is 4. The molecule has 27 heavy (non-hydrogen) atoms. The third-order valence-corrected chi connectivity index (χ3v) is 4.54. The molecule has 0 amide bonds. The standard InChI is InChI=1S/C25H20N2/c1-4-12-20(13-5-1)25(21-14-6-2-7-15-21)23-18-10-11-19-24(23)27-26-22-16-8-3-9-17-22/h1-19,25H. The maximum absolute atomic E-state index is 4.57. The topological polar surface area (TPSA) is 24.7 Å². The Morgan fingerprint density at radius 3 is 1.52 bits per heavy atom. The SMILES string of the molecule is c1ccc(N=Nc2ccccc2C(c2ccccc2)c2ccccc2)cc1. The Balaban J connectivity index is 1.81. The van der Waals surface area contributed by atoms with Crippen molar-refractivity contribution < 1.29 is 0 Å². The normalized spacial score (nSPS) is 11.1. The minimum atomic E-state index is 0.110. The van der Waals surface area contributed by atoms with Gasteiger partial charge in [-0.3, -0.25) is 0 Å². The van der Waals surface area contributed by atoms with E-state index in [1.807, 2.05) is 54.6 Å². The van der Waals surface area contributed by atoms with Crippen LogP contribution in [0.5, 0.6) is 0 Å². The molecule has 0 radical (unpaired) electrons. The average Bonchev–Trinajstić information content (AvgIpc) is 2.76. The monoisotopic (exact) mass is 348 g/mol. The van der Waals surface area contributed by atoms with E-state index in [0.717, 1.165) is 16.9 Å². The minimum absolute atomic E-state index is 0.110. The molecule has 4 aromatic carbocycles. The van der Waals surface area contributed by atoms with Crippen molar-refractivity contribution in [3.63, 3.8) is 0 Å². The summed E-state index contributed by atoms with van der Waals surface area (Å²) in [5, 5.41) is 9.01. The number of hydrogen-bond donors (Lipinski definition) is 0. The van der Waals surface area contributed by atoms with E-state index in [2.05, 4.69) is 70.9 Å². The molecule has 130 valence electrons. The summed E-state index contributed by atoms with van der Waals surface area (Å²) >= 11 is 0. The summed E-state index contributed by atoms with van der Waals surface area (Å²) in [6.07, 6.45) is 0. The van der Waals surface area contributed by atoms with Crippen LogP contribution in [0, 0.1) is 0 Å². The third-order valence-electron chi connectivity index (χ3n) is 4.54. The molecule has 0 fully saturated rings. The van der Waals surface area contributed by atoms with Crippen molar-refractivity contribution in [3.05, 3.63) is 132 Å². The molecule has 0 aliphatic heterocycles. The first-order valence-electron chi connectivity index (χ1n) is 9.07. The van der Waals surface area contributed by atoms with Crippen molar-refractivity contribution in [1.82, 2.24) is 0 Å². The lowest BCUT2D eigenvalue weighted by Gasteiger charge is -2.20. The second-order valence-corrected chi connectivity index (χ2v) is 6.35. The Morgan fingerprint density at radius 1 is 0.444 bits per heavy atom. The number of hydrogen-bond acceptors (Lipinski definition) is 2. The molecule has 0 heterocycles. The van der Waals surface area contributed by atoms with Crippen LogP contribution in [0.4, 0.5) is 11.4 Å². The van der Waals surface area contributed by atoms with E-state index in [1.54, 1.807) is 0 Å². The summed E-state index contributed by atoms with van der Waals surface area (Å²) in [6.45, 7) is 0. The molecule has 4 aromatic rings. The van der Waals surface area contributed by atoms with E-state index in [9.17, 15) is 0 Å². The van der Waals surface area contributed by atoms with Crippen LogP contribution in [0.2, 0.25) is 0 Å². The van der Waals surface area contributed by atoms with Gasteiger partial charge in [0.15, 0.2) is 0 Å². The van der Waals surface area contributed by atoms with Gasteiger partial charge in [-0.25, -0.2) is 0 Å². The number of rotatable bonds is 5. The van der Waals surface area contributed by atoms with Crippen LogP contribution in [0.25, 0.3) is 0 Å². The van der Waals surface area contributed by atoms with Gasteiger partial charge in [-0.15, -0.1) is 0 Å². The molecular weight excluding hydrogens is 328 g/mol. The largest absolute Gasteiger partial charge is 0.151 e. The maximum atomic E-state index is 4.57. The first-order valence-corrected chi connectivity index (χ1v) is 9.07. The zero-order valence-corrected chi connectivity index (χ0v) is 14.9. The lowest BCUT2D eigenvalue weighted by Crippen LogP contribution is -2.03. The van der Waals surface area contributed by atoms with E-state index in [1.165, 1.54) is 11.1 Å². The molecule has 0 saturated heterocycles. The van der Waals surface area contributed by atoms with Gasteiger partial charge in [0.05, 0.1) is 11.4 Å². The summed E-state index contributed by atoms with van der Waals surface area (Å²) in [4.78, 5) is 0. The number of azo groups is 1. The van der Waals surface area contributed by atoms with Crippen molar-refractivity contribution in [2.45, 2.75) is 5.92 Å². The zero-order valence-electron chi connectivity index (χ0n) is 14.9. The fourth-order valence-electron chi connectivity index (χ4n) is 3.27. The zero-order chi connectivity index (χ0) is 18.3. The summed E-state index contributed by atoms with van der Waals surface area (Å²) in [6, 6.07) is 39.2. The van der Waals surface area contributed by atoms with Gasteiger partial charge in [-0.05, 0) is 34.9 Å². The smallest absolute Gasteiger partial charge is 0.0898 e. The van der Waals surface area contributed by atoms with Crippen molar-refractivity contribution >= 4 is 11.4 Å². The lowest BCUT2D eigenvalue weighted by atomic mass is 9.84. The molecule has 0 aliphatic carbocycles. The third kappa shape index (κ3) is 4.01. The molecule has 4 rings (SSSR count). The highest BCUT2D eigenvalue weighted by molar-refractivity contribution is 5.55. The van der Waals surface area contributed by atoms with Gasteiger partial charge in [-0.2, -0.15) is 10.2 Å². The fourth-order valence-corrected chi connectivity index (χ4v) is 3.27. The summed E-state index contributed by atoms with van der Waals surface area (Å²) in [5.41, 5.74) is 5.37. The Bertz CT molecular complexity index is 970. The van der Waals surface area contributed by atoms with Gasteiger partial charge < -0.3 is 0 Å². The lowest BCUT2D eigenvalue weighted by molar-refractivity contribution is 0.970. The second kappa shape index (κ2) is 8.24. The van der Waals surface area contributed by atoms with Crippen molar-refractivity contribution in [2.24, 2.45) is 10.2 Å². The van der Waals surface area contributed by atoms with Crippen LogP contribution in [-0.2, 0) is 0 Å². The van der Waals surface area contributed by atoms with Crippen LogP contribution in [-0.4, -0.2) is 0 Å². The van der Waals surface area contributed by atoms with E-state index in [4.69, 9.17) is 0 Å². The molecule has 0 unspecified atom stereocenters. The van der Waals surface area contributed by atoms with E-state index in [0.29, 0.717) is 0 Å². The Hall–Kier alpha value is -3.52. The summed E-state index contributed by atoms with van der Waals surface area (Å²) in [5.74, 6) is 0.110. The Labute approximate surface area is 159 Å². The first-order chi connectivity index (χ1) is 13.4. The van der Waals surface area contributed by atoms with Crippen molar-refractivity contribution in [3.8, 4) is 0 Å². The molecule has 0 N–H and O–H groups in total. The van der Waals surface area contributed by atoms with Crippen LogP contribution < -0.4 is 0 Å². The molecule has 0 aromatic heterocycles. The van der Waals surface area contributed by atoms with E-state index in [-0.39, 0.29) is 5.92 Å². The molecule has 0 spiro atoms. The molecule has 0 aliphatic rings. The van der Waals surface area contributed by atoms with Crippen LogP contribution >= 0.6 is 0 Å². The molecule has 2 nitrogen and oxygen atoms in total. The first kappa shape index (κ1) is 16.9. The predicted octanol–water partition coefficient (Wildman–Crippen LogP) is 7.28.